The monoisotopic (exact) mass is 280 g/mol. The first-order valence-corrected chi connectivity index (χ1v) is 7.86. The Kier molecular flexibility index (Phi) is 6.57. The Morgan fingerprint density at radius 2 is 2.25 bits per heavy atom. The Morgan fingerprint density at radius 3 is 3.00 bits per heavy atom. The van der Waals surface area contributed by atoms with Gasteiger partial charge in [-0.2, -0.15) is 0 Å². The van der Waals surface area contributed by atoms with Gasteiger partial charge in [-0.3, -0.25) is 0 Å². The van der Waals surface area contributed by atoms with Crippen LogP contribution in [0, 0.1) is 0 Å². The van der Waals surface area contributed by atoms with E-state index in [4.69, 9.17) is 9.15 Å². The summed E-state index contributed by atoms with van der Waals surface area (Å²) in [6.45, 7) is 6.64. The van der Waals surface area contributed by atoms with E-state index in [9.17, 15) is 0 Å². The summed E-state index contributed by atoms with van der Waals surface area (Å²) in [7, 11) is 2.21. The molecule has 1 saturated heterocycles. The molecule has 2 heterocycles. The molecule has 2 rings (SSSR count). The molecule has 114 valence electrons. The third kappa shape index (κ3) is 4.93. The molecule has 1 aromatic rings. The largest absolute Gasteiger partial charge is 0.462 e. The first kappa shape index (κ1) is 15.5. The van der Waals surface area contributed by atoms with Crippen molar-refractivity contribution in [2.45, 2.75) is 51.8 Å². The van der Waals surface area contributed by atoms with Crippen molar-refractivity contribution in [1.29, 1.82) is 0 Å². The third-order valence-electron chi connectivity index (χ3n) is 3.95. The van der Waals surface area contributed by atoms with Gasteiger partial charge in [0.15, 0.2) is 0 Å². The Bertz CT molecular complexity index is 378. The molecule has 20 heavy (non-hydrogen) atoms. The lowest BCUT2D eigenvalue weighted by Crippen LogP contribution is -2.26. The molecule has 0 aromatic carbocycles. The molecule has 1 N–H and O–H groups in total. The molecule has 4 nitrogen and oxygen atoms in total. The zero-order valence-corrected chi connectivity index (χ0v) is 12.9. The minimum absolute atomic E-state index is 0.588. The van der Waals surface area contributed by atoms with Crippen LogP contribution in [0.25, 0.3) is 0 Å². The first-order chi connectivity index (χ1) is 9.79. The Morgan fingerprint density at radius 1 is 1.40 bits per heavy atom. The maximum Gasteiger partial charge on any atom is 0.129 e. The van der Waals surface area contributed by atoms with Crippen molar-refractivity contribution in [3.05, 3.63) is 23.7 Å². The molecule has 0 bridgehead atoms. The van der Waals surface area contributed by atoms with Crippen LogP contribution in [0.4, 0.5) is 0 Å². The van der Waals surface area contributed by atoms with Crippen LogP contribution in [-0.4, -0.2) is 37.7 Å². The highest BCUT2D eigenvalue weighted by atomic mass is 16.5. The normalized spacial score (nSPS) is 19.8. The fourth-order valence-electron chi connectivity index (χ4n) is 2.72. The van der Waals surface area contributed by atoms with Crippen molar-refractivity contribution in [3.63, 3.8) is 0 Å². The lowest BCUT2D eigenvalue weighted by Gasteiger charge is -2.18. The third-order valence-corrected chi connectivity index (χ3v) is 3.95. The van der Waals surface area contributed by atoms with Gasteiger partial charge in [-0.05, 0) is 58.0 Å². The van der Waals surface area contributed by atoms with Gasteiger partial charge in [0.1, 0.15) is 18.1 Å². The molecule has 1 atom stereocenters. The van der Waals surface area contributed by atoms with E-state index in [0.717, 1.165) is 44.1 Å². The second kappa shape index (κ2) is 8.45. The average molecular weight is 280 g/mol. The van der Waals surface area contributed by atoms with Crippen molar-refractivity contribution in [2.75, 3.05) is 26.7 Å². The standard InChI is InChI=1S/C16H28N2O2/c1-3-9-17-12-15-6-7-16(20-15)13-19-11-8-14-5-4-10-18(14)2/h6-7,14,17H,3-5,8-13H2,1-2H3. The van der Waals surface area contributed by atoms with E-state index in [1.807, 2.05) is 12.1 Å². The Hall–Kier alpha value is -0.840. The molecule has 0 amide bonds. The van der Waals surface area contributed by atoms with Crippen LogP contribution in [-0.2, 0) is 17.9 Å². The number of rotatable bonds is 9. The molecule has 1 aliphatic rings. The van der Waals surface area contributed by atoms with Gasteiger partial charge in [0.05, 0.1) is 6.54 Å². The summed E-state index contributed by atoms with van der Waals surface area (Å²) in [5, 5.41) is 3.33. The number of nitrogens with zero attached hydrogens (tertiary/aromatic N) is 1. The van der Waals surface area contributed by atoms with Crippen molar-refractivity contribution in [1.82, 2.24) is 10.2 Å². The number of furan rings is 1. The summed E-state index contributed by atoms with van der Waals surface area (Å²) in [5.74, 6) is 1.92. The van der Waals surface area contributed by atoms with Gasteiger partial charge in [-0.1, -0.05) is 6.92 Å². The SMILES string of the molecule is CCCNCc1ccc(COCCC2CCCN2C)o1. The lowest BCUT2D eigenvalue weighted by atomic mass is 10.1. The number of nitrogens with one attached hydrogen (secondary N) is 1. The van der Waals surface area contributed by atoms with Crippen molar-refractivity contribution in [2.24, 2.45) is 0 Å². The molecule has 0 radical (unpaired) electrons. The quantitative estimate of drug-likeness (QED) is 0.706. The van der Waals surface area contributed by atoms with Crippen LogP contribution in [0.3, 0.4) is 0 Å². The lowest BCUT2D eigenvalue weighted by molar-refractivity contribution is 0.0886. The number of ether oxygens (including phenoxy) is 1. The number of hydrogen-bond donors (Lipinski definition) is 1. The molecule has 4 heteroatoms. The van der Waals surface area contributed by atoms with Gasteiger partial charge < -0.3 is 19.4 Å². The molecule has 0 saturated carbocycles. The van der Waals surface area contributed by atoms with Crippen LogP contribution in [0.15, 0.2) is 16.5 Å². The predicted octanol–water partition coefficient (Wildman–Crippen LogP) is 2.78. The average Bonchev–Trinajstić information content (AvgIpc) is 3.05. The molecule has 0 aliphatic carbocycles. The molecule has 1 aromatic heterocycles. The van der Waals surface area contributed by atoms with Crippen molar-refractivity contribution < 1.29 is 9.15 Å². The van der Waals surface area contributed by atoms with E-state index in [1.165, 1.54) is 19.4 Å². The van der Waals surface area contributed by atoms with E-state index < -0.39 is 0 Å². The van der Waals surface area contributed by atoms with Gasteiger partial charge in [-0.15, -0.1) is 0 Å². The number of likely N-dealkylation sites (tertiary alicyclic amines) is 1. The molecular weight excluding hydrogens is 252 g/mol. The maximum atomic E-state index is 5.73. The Labute approximate surface area is 122 Å². The smallest absolute Gasteiger partial charge is 0.129 e. The van der Waals surface area contributed by atoms with Crippen LogP contribution in [0.1, 0.15) is 44.1 Å². The van der Waals surface area contributed by atoms with Crippen molar-refractivity contribution in [3.8, 4) is 0 Å². The summed E-state index contributed by atoms with van der Waals surface area (Å²) in [6, 6.07) is 4.76. The van der Waals surface area contributed by atoms with Crippen LogP contribution < -0.4 is 5.32 Å². The summed E-state index contributed by atoms with van der Waals surface area (Å²) >= 11 is 0. The molecule has 1 fully saturated rings. The van der Waals surface area contributed by atoms with Crippen LogP contribution in [0.2, 0.25) is 0 Å². The Balaban J connectivity index is 1.59. The minimum atomic E-state index is 0.588. The summed E-state index contributed by atoms with van der Waals surface area (Å²) < 4.78 is 11.5. The van der Waals surface area contributed by atoms with Gasteiger partial charge in [0, 0.05) is 12.6 Å². The zero-order chi connectivity index (χ0) is 14.2. The van der Waals surface area contributed by atoms with Crippen molar-refractivity contribution >= 4 is 0 Å². The fraction of sp³-hybridized carbons (Fsp3) is 0.750. The van der Waals surface area contributed by atoms with Gasteiger partial charge >= 0.3 is 0 Å². The topological polar surface area (TPSA) is 37.6 Å². The van der Waals surface area contributed by atoms with Crippen LogP contribution in [0.5, 0.6) is 0 Å². The highest BCUT2D eigenvalue weighted by molar-refractivity contribution is 5.06. The van der Waals surface area contributed by atoms with E-state index in [0.29, 0.717) is 12.6 Å². The van der Waals surface area contributed by atoms with E-state index in [-0.39, 0.29) is 0 Å². The summed E-state index contributed by atoms with van der Waals surface area (Å²) in [4.78, 5) is 2.44. The molecule has 1 unspecified atom stereocenters. The van der Waals surface area contributed by atoms with E-state index in [2.05, 4.69) is 24.2 Å². The van der Waals surface area contributed by atoms with Crippen LogP contribution >= 0.6 is 0 Å². The number of hydrogen-bond acceptors (Lipinski definition) is 4. The maximum absolute atomic E-state index is 5.73. The minimum Gasteiger partial charge on any atom is -0.462 e. The molecular formula is C16H28N2O2. The predicted molar refractivity (Wildman–Crippen MR) is 80.6 cm³/mol. The zero-order valence-electron chi connectivity index (χ0n) is 12.9. The highest BCUT2D eigenvalue weighted by Crippen LogP contribution is 2.18. The second-order valence-corrected chi connectivity index (χ2v) is 5.66. The summed E-state index contributed by atoms with van der Waals surface area (Å²) in [6.07, 6.45) is 4.91. The van der Waals surface area contributed by atoms with Gasteiger partial charge in [0.25, 0.3) is 0 Å². The fourth-order valence-corrected chi connectivity index (χ4v) is 2.72. The van der Waals surface area contributed by atoms with E-state index in [1.54, 1.807) is 0 Å². The molecule has 0 spiro atoms. The summed E-state index contributed by atoms with van der Waals surface area (Å²) in [5.41, 5.74) is 0. The second-order valence-electron chi connectivity index (χ2n) is 5.66. The van der Waals surface area contributed by atoms with Gasteiger partial charge in [-0.25, -0.2) is 0 Å². The molecule has 1 aliphatic heterocycles. The first-order valence-electron chi connectivity index (χ1n) is 7.86. The van der Waals surface area contributed by atoms with Gasteiger partial charge in [0.2, 0.25) is 0 Å². The highest BCUT2D eigenvalue weighted by Gasteiger charge is 2.20. The van der Waals surface area contributed by atoms with E-state index >= 15 is 0 Å².